The molecule has 0 fully saturated rings. The Morgan fingerprint density at radius 2 is 0.857 bits per heavy atom. The summed E-state index contributed by atoms with van der Waals surface area (Å²) in [5.41, 5.74) is 5.70. The van der Waals surface area contributed by atoms with Crippen molar-refractivity contribution < 1.29 is 10.2 Å². The number of benzene rings is 2. The van der Waals surface area contributed by atoms with Gasteiger partial charge in [-0.15, -0.1) is 0 Å². The summed E-state index contributed by atoms with van der Waals surface area (Å²) in [6, 6.07) is 8.74. The van der Waals surface area contributed by atoms with Crippen molar-refractivity contribution >= 4 is 0 Å². The maximum Gasteiger partial charge on any atom is 0.123 e. The minimum atomic E-state index is -0.200. The fourth-order valence-electron chi connectivity index (χ4n) is 4.75. The van der Waals surface area contributed by atoms with Gasteiger partial charge in [0.25, 0.3) is 0 Å². The highest BCUT2D eigenvalue weighted by molar-refractivity contribution is 5.57. The average Bonchev–Trinajstić information content (AvgIpc) is 2.63. The van der Waals surface area contributed by atoms with E-state index in [1.54, 1.807) is 0 Å². The van der Waals surface area contributed by atoms with Crippen molar-refractivity contribution in [1.29, 1.82) is 0 Å². The maximum absolute atomic E-state index is 11.7. The van der Waals surface area contributed by atoms with Crippen LogP contribution < -0.4 is 0 Å². The fourth-order valence-corrected chi connectivity index (χ4v) is 4.75. The first kappa shape index (κ1) is 29.3. The van der Waals surface area contributed by atoms with E-state index < -0.39 is 0 Å². The number of phenolic OH excluding ortho intramolecular Hbond substituents is 2. The lowest BCUT2D eigenvalue weighted by molar-refractivity contribution is 0.415. The smallest absolute Gasteiger partial charge is 0.123 e. The summed E-state index contributed by atoms with van der Waals surface area (Å²) in [5, 5.41) is 23.5. The molecule has 2 nitrogen and oxygen atoms in total. The van der Waals surface area contributed by atoms with Gasteiger partial charge in [0.2, 0.25) is 0 Å². The minimum absolute atomic E-state index is 0.0588. The number of hydrogen-bond donors (Lipinski definition) is 2. The van der Waals surface area contributed by atoms with E-state index in [0.29, 0.717) is 17.4 Å². The normalized spacial score (nSPS) is 13.7. The first-order valence-electron chi connectivity index (χ1n) is 13.3. The molecule has 2 heteroatoms. The molecule has 0 aliphatic heterocycles. The highest BCUT2D eigenvalue weighted by atomic mass is 16.3. The van der Waals surface area contributed by atoms with E-state index in [4.69, 9.17) is 0 Å². The molecule has 2 N–H and O–H groups in total. The van der Waals surface area contributed by atoms with Gasteiger partial charge < -0.3 is 10.2 Å². The lowest BCUT2D eigenvalue weighted by Crippen LogP contribution is -2.20. The van der Waals surface area contributed by atoms with Crippen LogP contribution in [0.15, 0.2) is 24.3 Å². The van der Waals surface area contributed by atoms with Gasteiger partial charge in [-0.1, -0.05) is 121 Å². The monoisotopic (exact) mass is 480 g/mol. The molecular formula is C33H52O2. The third-order valence-corrected chi connectivity index (χ3v) is 7.08. The van der Waals surface area contributed by atoms with Crippen molar-refractivity contribution in [1.82, 2.24) is 0 Å². The number of phenols is 2. The summed E-state index contributed by atoms with van der Waals surface area (Å²) in [6.45, 7) is 30.7. The Labute approximate surface area is 216 Å². The number of hydrogen-bond acceptors (Lipinski definition) is 2. The van der Waals surface area contributed by atoms with Crippen LogP contribution in [0.5, 0.6) is 11.5 Å². The molecule has 2 aromatic rings. The summed E-state index contributed by atoms with van der Waals surface area (Å²) < 4.78 is 0. The Morgan fingerprint density at radius 3 is 1.09 bits per heavy atom. The van der Waals surface area contributed by atoms with Crippen molar-refractivity contribution in [3.63, 3.8) is 0 Å². The van der Waals surface area contributed by atoms with Crippen LogP contribution in [-0.4, -0.2) is 10.2 Å². The predicted octanol–water partition coefficient (Wildman–Crippen LogP) is 9.47. The van der Waals surface area contributed by atoms with Gasteiger partial charge in [0.1, 0.15) is 11.5 Å². The molecule has 0 saturated carbocycles. The molecule has 0 unspecified atom stereocenters. The van der Waals surface area contributed by atoms with Crippen molar-refractivity contribution in [3.8, 4) is 11.5 Å². The maximum atomic E-state index is 11.7. The van der Waals surface area contributed by atoms with Gasteiger partial charge in [-0.3, -0.25) is 0 Å². The van der Waals surface area contributed by atoms with E-state index >= 15 is 0 Å². The van der Waals surface area contributed by atoms with Gasteiger partial charge in [0, 0.05) is 17.0 Å². The molecule has 0 amide bonds. The first-order chi connectivity index (χ1) is 15.5. The largest absolute Gasteiger partial charge is 0.507 e. The molecule has 2 rings (SSSR count). The quantitative estimate of drug-likeness (QED) is 0.457. The van der Waals surface area contributed by atoms with Crippen LogP contribution >= 0.6 is 0 Å². The number of rotatable bonds is 4. The van der Waals surface area contributed by atoms with Crippen molar-refractivity contribution in [2.24, 2.45) is 5.92 Å². The van der Waals surface area contributed by atoms with Crippen molar-refractivity contribution in [3.05, 3.63) is 57.6 Å². The van der Waals surface area contributed by atoms with Gasteiger partial charge in [-0.2, -0.15) is 0 Å². The molecule has 0 aliphatic rings. The summed E-state index contributed by atoms with van der Waals surface area (Å²) in [7, 11) is 0. The Bertz CT molecular complexity index is 963. The highest BCUT2D eigenvalue weighted by Gasteiger charge is 2.33. The van der Waals surface area contributed by atoms with E-state index in [1.807, 2.05) is 0 Å². The van der Waals surface area contributed by atoms with Crippen LogP contribution in [0.1, 0.15) is 143 Å². The molecule has 2 aromatic carbocycles. The summed E-state index contributed by atoms with van der Waals surface area (Å²) >= 11 is 0. The van der Waals surface area contributed by atoms with E-state index in [-0.39, 0.29) is 27.6 Å². The van der Waals surface area contributed by atoms with Gasteiger partial charge >= 0.3 is 0 Å². The molecule has 0 aromatic heterocycles. The Balaban J connectivity index is 3.04. The zero-order valence-corrected chi connectivity index (χ0v) is 25.1. The number of aromatic hydroxyl groups is 2. The third kappa shape index (κ3) is 6.63. The second-order valence-electron chi connectivity index (χ2n) is 15.1. The SMILES string of the molecule is CC(C)CC(c1cc(C(C)(C)C)cc(C(C)(C)C)c1O)c1cc(C(C)(C)C)cc(C(C)(C)C)c1O. The summed E-state index contributed by atoms with van der Waals surface area (Å²) in [4.78, 5) is 0. The van der Waals surface area contributed by atoms with Gasteiger partial charge in [0.05, 0.1) is 0 Å². The molecule has 0 aliphatic carbocycles. The van der Waals surface area contributed by atoms with Gasteiger partial charge in [0.15, 0.2) is 0 Å². The van der Waals surface area contributed by atoms with E-state index in [0.717, 1.165) is 28.7 Å². The molecule has 0 spiro atoms. The van der Waals surface area contributed by atoms with E-state index in [1.165, 1.54) is 11.1 Å². The minimum Gasteiger partial charge on any atom is -0.507 e. The van der Waals surface area contributed by atoms with Gasteiger partial charge in [-0.05, 0) is 56.3 Å². The molecule has 0 atom stereocenters. The van der Waals surface area contributed by atoms with E-state index in [2.05, 4.69) is 121 Å². The fraction of sp³-hybridized carbons (Fsp3) is 0.636. The third-order valence-electron chi connectivity index (χ3n) is 7.08. The average molecular weight is 481 g/mol. The summed E-state index contributed by atoms with van der Waals surface area (Å²) in [5.74, 6) is 1.02. The topological polar surface area (TPSA) is 40.5 Å². The molecule has 35 heavy (non-hydrogen) atoms. The molecule has 0 bridgehead atoms. The molecule has 196 valence electrons. The second kappa shape index (κ2) is 9.49. The molecule has 0 radical (unpaired) electrons. The van der Waals surface area contributed by atoms with Crippen LogP contribution in [0, 0.1) is 5.92 Å². The van der Waals surface area contributed by atoms with Crippen LogP contribution in [-0.2, 0) is 21.7 Å². The Kier molecular flexibility index (Phi) is 7.94. The zero-order chi connectivity index (χ0) is 27.3. The lowest BCUT2D eigenvalue weighted by atomic mass is 9.72. The molecule has 0 saturated heterocycles. The lowest BCUT2D eigenvalue weighted by Gasteiger charge is -2.33. The standard InChI is InChI=1S/C33H52O2/c1-20(2)15-23(24-16-21(30(3,4)5)18-26(28(24)34)32(9,10)11)25-17-22(31(6,7)8)19-27(29(25)35)33(12,13)14/h16-20,23,34-35H,15H2,1-14H3. The molecular weight excluding hydrogens is 428 g/mol. The van der Waals surface area contributed by atoms with Crippen molar-refractivity contribution in [2.45, 2.75) is 131 Å². The van der Waals surface area contributed by atoms with Crippen LogP contribution in [0.3, 0.4) is 0 Å². The van der Waals surface area contributed by atoms with Crippen LogP contribution in [0.2, 0.25) is 0 Å². The molecule has 0 heterocycles. The predicted molar refractivity (Wildman–Crippen MR) is 152 cm³/mol. The Morgan fingerprint density at radius 1 is 0.543 bits per heavy atom. The van der Waals surface area contributed by atoms with E-state index in [9.17, 15) is 10.2 Å². The Hall–Kier alpha value is -1.96. The van der Waals surface area contributed by atoms with Crippen LogP contribution in [0.4, 0.5) is 0 Å². The van der Waals surface area contributed by atoms with Crippen molar-refractivity contribution in [2.75, 3.05) is 0 Å². The summed E-state index contributed by atoms with van der Waals surface area (Å²) in [6.07, 6.45) is 0.843. The first-order valence-corrected chi connectivity index (χ1v) is 13.3. The van der Waals surface area contributed by atoms with Gasteiger partial charge in [-0.25, -0.2) is 0 Å². The highest BCUT2D eigenvalue weighted by Crippen LogP contribution is 2.48. The zero-order valence-electron chi connectivity index (χ0n) is 25.1. The van der Waals surface area contributed by atoms with Crippen LogP contribution in [0.25, 0.3) is 0 Å². The second-order valence-corrected chi connectivity index (χ2v) is 15.1.